The fourth-order valence-electron chi connectivity index (χ4n) is 2.79. The van der Waals surface area contributed by atoms with Crippen molar-refractivity contribution in [1.82, 2.24) is 10.2 Å². The molecule has 1 aliphatic heterocycles. The fraction of sp³-hybridized carbons (Fsp3) is 0.250. The summed E-state index contributed by atoms with van der Waals surface area (Å²) in [5.41, 5.74) is 0.707. The van der Waals surface area contributed by atoms with Gasteiger partial charge in [0.15, 0.2) is 11.5 Å². The molecule has 1 aliphatic rings. The van der Waals surface area contributed by atoms with Gasteiger partial charge in [-0.1, -0.05) is 15.9 Å². The Hall–Kier alpha value is -3.27. The summed E-state index contributed by atoms with van der Waals surface area (Å²) in [6, 6.07) is 5.74. The van der Waals surface area contributed by atoms with Gasteiger partial charge in [0.1, 0.15) is 11.5 Å². The molecular formula is C20H19BrN2O7. The molecule has 9 nitrogen and oxygen atoms in total. The minimum absolute atomic E-state index is 0.0132. The lowest BCUT2D eigenvalue weighted by Crippen LogP contribution is -2.30. The fourth-order valence-corrected chi connectivity index (χ4v) is 3.23. The lowest BCUT2D eigenvalue weighted by atomic mass is 10.1. The summed E-state index contributed by atoms with van der Waals surface area (Å²) in [6.07, 6.45) is 1.53. The van der Waals surface area contributed by atoms with Crippen molar-refractivity contribution in [3.05, 3.63) is 51.5 Å². The van der Waals surface area contributed by atoms with Crippen LogP contribution in [0.15, 0.2) is 38.9 Å². The molecule has 0 radical (unpaired) electrons. The lowest BCUT2D eigenvalue weighted by molar-refractivity contribution is -0.123. The number of carbonyl (C=O) groups is 3. The second-order valence-electron chi connectivity index (χ2n) is 6.09. The van der Waals surface area contributed by atoms with E-state index in [1.807, 2.05) is 6.92 Å². The Labute approximate surface area is 180 Å². The Balaban J connectivity index is 1.83. The molecule has 3 amide bonds. The standard InChI is InChI=1S/C20H19BrN2O7/c1-4-29-17-9-13(21)11(8-16(17)27-2)7-14-18(24)23(20(26)22-14)10-12-5-6-15(30-12)19(25)28-3/h5-9H,4,10H2,1-3H3,(H,22,26)/b14-7-. The molecule has 10 heteroatoms. The zero-order valence-corrected chi connectivity index (χ0v) is 18.1. The third kappa shape index (κ3) is 4.33. The molecule has 1 saturated heterocycles. The van der Waals surface area contributed by atoms with Crippen molar-refractivity contribution in [3.63, 3.8) is 0 Å². The summed E-state index contributed by atoms with van der Waals surface area (Å²) < 4.78 is 21.4. The third-order valence-corrected chi connectivity index (χ3v) is 4.89. The molecule has 30 heavy (non-hydrogen) atoms. The third-order valence-electron chi connectivity index (χ3n) is 4.21. The molecule has 3 rings (SSSR count). The number of methoxy groups -OCH3 is 2. The van der Waals surface area contributed by atoms with Gasteiger partial charge >= 0.3 is 12.0 Å². The first-order valence-electron chi connectivity index (χ1n) is 8.89. The average molecular weight is 479 g/mol. The van der Waals surface area contributed by atoms with Crippen LogP contribution in [0.25, 0.3) is 6.08 Å². The summed E-state index contributed by atoms with van der Waals surface area (Å²) in [5, 5.41) is 2.54. The Morgan fingerprint density at radius 2 is 2.00 bits per heavy atom. The second kappa shape index (κ2) is 9.04. The summed E-state index contributed by atoms with van der Waals surface area (Å²) in [4.78, 5) is 37.5. The summed E-state index contributed by atoms with van der Waals surface area (Å²) in [6.45, 7) is 2.20. The van der Waals surface area contributed by atoms with Crippen molar-refractivity contribution in [1.29, 1.82) is 0 Å². The van der Waals surface area contributed by atoms with E-state index in [1.54, 1.807) is 12.1 Å². The molecule has 0 unspecified atom stereocenters. The topological polar surface area (TPSA) is 107 Å². The van der Waals surface area contributed by atoms with Gasteiger partial charge in [-0.05, 0) is 42.8 Å². The van der Waals surface area contributed by atoms with Crippen LogP contribution in [0.2, 0.25) is 0 Å². The first-order chi connectivity index (χ1) is 14.4. The maximum atomic E-state index is 12.7. The molecule has 158 valence electrons. The predicted octanol–water partition coefficient (Wildman–Crippen LogP) is 3.33. The van der Waals surface area contributed by atoms with Crippen molar-refractivity contribution in [2.24, 2.45) is 0 Å². The smallest absolute Gasteiger partial charge is 0.373 e. The van der Waals surface area contributed by atoms with Crippen LogP contribution < -0.4 is 14.8 Å². The number of amides is 3. The Morgan fingerprint density at radius 3 is 2.67 bits per heavy atom. The number of furan rings is 1. The van der Waals surface area contributed by atoms with Crippen LogP contribution in [0.3, 0.4) is 0 Å². The molecule has 0 saturated carbocycles. The van der Waals surface area contributed by atoms with Crippen molar-refractivity contribution in [2.45, 2.75) is 13.5 Å². The Bertz CT molecular complexity index is 1030. The quantitative estimate of drug-likeness (QED) is 0.369. The van der Waals surface area contributed by atoms with Gasteiger partial charge in [-0.3, -0.25) is 9.69 Å². The van der Waals surface area contributed by atoms with Crippen molar-refractivity contribution in [2.75, 3.05) is 20.8 Å². The number of urea groups is 1. The number of carbonyl (C=O) groups excluding carboxylic acids is 3. The number of ether oxygens (including phenoxy) is 3. The van der Waals surface area contributed by atoms with Crippen LogP contribution in [0.1, 0.15) is 28.8 Å². The normalized spacial score (nSPS) is 14.8. The molecule has 2 heterocycles. The van der Waals surface area contributed by atoms with Gasteiger partial charge in [0, 0.05) is 4.47 Å². The number of esters is 1. The van der Waals surface area contributed by atoms with Crippen LogP contribution >= 0.6 is 15.9 Å². The van der Waals surface area contributed by atoms with E-state index >= 15 is 0 Å². The highest BCUT2D eigenvalue weighted by Crippen LogP contribution is 2.35. The molecule has 2 aromatic rings. The zero-order chi connectivity index (χ0) is 21.8. The Kier molecular flexibility index (Phi) is 6.46. The average Bonchev–Trinajstić information content (AvgIpc) is 3.30. The van der Waals surface area contributed by atoms with E-state index in [1.165, 1.54) is 32.4 Å². The number of nitrogens with zero attached hydrogens (tertiary/aromatic N) is 1. The van der Waals surface area contributed by atoms with Gasteiger partial charge < -0.3 is 23.9 Å². The van der Waals surface area contributed by atoms with Gasteiger partial charge in [-0.15, -0.1) is 0 Å². The van der Waals surface area contributed by atoms with Crippen molar-refractivity contribution >= 4 is 39.9 Å². The van der Waals surface area contributed by atoms with Crippen LogP contribution in [-0.4, -0.2) is 43.6 Å². The largest absolute Gasteiger partial charge is 0.493 e. The van der Waals surface area contributed by atoms with Gasteiger partial charge in [-0.25, -0.2) is 9.59 Å². The number of benzene rings is 1. The number of rotatable bonds is 7. The van der Waals surface area contributed by atoms with E-state index < -0.39 is 17.9 Å². The van der Waals surface area contributed by atoms with Crippen molar-refractivity contribution < 1.29 is 33.0 Å². The van der Waals surface area contributed by atoms with Gasteiger partial charge in [0.05, 0.1) is 27.4 Å². The van der Waals surface area contributed by atoms with Crippen molar-refractivity contribution in [3.8, 4) is 11.5 Å². The highest BCUT2D eigenvalue weighted by atomic mass is 79.9. The second-order valence-corrected chi connectivity index (χ2v) is 6.95. The Morgan fingerprint density at radius 1 is 1.23 bits per heavy atom. The van der Waals surface area contributed by atoms with Crippen LogP contribution in [0.5, 0.6) is 11.5 Å². The number of imide groups is 1. The number of hydrogen-bond donors (Lipinski definition) is 1. The molecule has 0 bridgehead atoms. The zero-order valence-electron chi connectivity index (χ0n) is 16.5. The summed E-state index contributed by atoms with van der Waals surface area (Å²) in [5.74, 6) is 0.122. The first-order valence-corrected chi connectivity index (χ1v) is 9.69. The molecule has 0 aliphatic carbocycles. The number of hydrogen-bond acceptors (Lipinski definition) is 7. The highest BCUT2D eigenvalue weighted by Gasteiger charge is 2.34. The van der Waals surface area contributed by atoms with E-state index in [2.05, 4.69) is 26.0 Å². The molecular weight excluding hydrogens is 460 g/mol. The van der Waals surface area contributed by atoms with Crippen LogP contribution in [0.4, 0.5) is 4.79 Å². The molecule has 1 aromatic carbocycles. The highest BCUT2D eigenvalue weighted by molar-refractivity contribution is 9.10. The number of nitrogens with one attached hydrogen (secondary N) is 1. The van der Waals surface area contributed by atoms with Gasteiger partial charge in [-0.2, -0.15) is 0 Å². The molecule has 1 N–H and O–H groups in total. The SMILES string of the molecule is CCOc1cc(Br)c(/C=C2\NC(=O)N(Cc3ccc(C(=O)OC)o3)C2=O)cc1OC. The van der Waals surface area contributed by atoms with Gasteiger partial charge in [0.25, 0.3) is 5.91 Å². The van der Waals surface area contributed by atoms with Crippen LogP contribution in [-0.2, 0) is 16.1 Å². The minimum atomic E-state index is -0.645. The molecule has 1 fully saturated rings. The predicted molar refractivity (Wildman–Crippen MR) is 109 cm³/mol. The van der Waals surface area contributed by atoms with E-state index in [9.17, 15) is 14.4 Å². The van der Waals surface area contributed by atoms with Crippen LogP contribution in [0, 0.1) is 0 Å². The first kappa shape index (κ1) is 21.4. The van der Waals surface area contributed by atoms with E-state index in [4.69, 9.17) is 13.9 Å². The molecule has 0 atom stereocenters. The van der Waals surface area contributed by atoms with Gasteiger partial charge in [0.2, 0.25) is 5.76 Å². The van der Waals surface area contributed by atoms with E-state index in [0.717, 1.165) is 4.90 Å². The van der Waals surface area contributed by atoms with E-state index in [-0.39, 0.29) is 23.8 Å². The maximum Gasteiger partial charge on any atom is 0.373 e. The summed E-state index contributed by atoms with van der Waals surface area (Å²) >= 11 is 3.44. The molecule has 0 spiro atoms. The lowest BCUT2D eigenvalue weighted by Gasteiger charge is -2.12. The summed E-state index contributed by atoms with van der Waals surface area (Å²) in [7, 11) is 2.74. The number of halogens is 1. The monoisotopic (exact) mass is 478 g/mol. The minimum Gasteiger partial charge on any atom is -0.493 e. The molecule has 1 aromatic heterocycles. The maximum absolute atomic E-state index is 12.7. The van der Waals surface area contributed by atoms with E-state index in [0.29, 0.717) is 28.1 Å².